The molecule has 1 unspecified atom stereocenters. The Morgan fingerprint density at radius 3 is 2.24 bits per heavy atom. The molecule has 2 nitrogen and oxygen atoms in total. The summed E-state index contributed by atoms with van der Waals surface area (Å²) in [5.74, 6) is 1.39. The van der Waals surface area contributed by atoms with Gasteiger partial charge in [0.1, 0.15) is 5.75 Å². The molecule has 1 aromatic carbocycles. The van der Waals surface area contributed by atoms with Gasteiger partial charge in [-0.05, 0) is 37.1 Å². The Morgan fingerprint density at radius 2 is 1.71 bits per heavy atom. The highest BCUT2D eigenvalue weighted by Gasteiger charge is 2.26. The number of likely N-dealkylation sites (tertiary alicyclic amines) is 1. The number of hydrogen-bond acceptors (Lipinski definition) is 2. The van der Waals surface area contributed by atoms with Crippen LogP contribution in [0.2, 0.25) is 5.02 Å². The number of ether oxygens (including phenoxy) is 1. The fourth-order valence-electron chi connectivity index (χ4n) is 2.28. The summed E-state index contributed by atoms with van der Waals surface area (Å²) >= 11 is 5.87. The van der Waals surface area contributed by atoms with Crippen LogP contribution in [0, 0.1) is 5.92 Å². The summed E-state index contributed by atoms with van der Waals surface area (Å²) in [6, 6.07) is 7.62. The van der Waals surface area contributed by atoms with E-state index in [0.717, 1.165) is 23.9 Å². The van der Waals surface area contributed by atoms with E-state index >= 15 is 0 Å². The number of rotatable bonds is 4. The molecule has 0 radical (unpaired) electrons. The van der Waals surface area contributed by atoms with Gasteiger partial charge in [-0.25, -0.2) is 0 Å². The summed E-state index contributed by atoms with van der Waals surface area (Å²) in [4.78, 5) is 2.43. The predicted molar refractivity (Wildman–Crippen MR) is 71.5 cm³/mol. The molecule has 3 heteroatoms. The van der Waals surface area contributed by atoms with Gasteiger partial charge >= 0.3 is 0 Å². The number of halogens is 1. The minimum Gasteiger partial charge on any atom is -0.475 e. The van der Waals surface area contributed by atoms with Crippen LogP contribution in [0.15, 0.2) is 24.3 Å². The predicted octanol–water partition coefficient (Wildman–Crippen LogP) is 3.80. The zero-order valence-electron chi connectivity index (χ0n) is 10.5. The first-order valence-electron chi connectivity index (χ1n) is 6.33. The molecule has 1 heterocycles. The lowest BCUT2D eigenvalue weighted by Gasteiger charge is -2.31. The summed E-state index contributed by atoms with van der Waals surface area (Å²) in [5.41, 5.74) is 0. The van der Waals surface area contributed by atoms with Gasteiger partial charge in [0.2, 0.25) is 0 Å². The van der Waals surface area contributed by atoms with E-state index in [0.29, 0.717) is 5.92 Å². The minimum absolute atomic E-state index is 0.179. The van der Waals surface area contributed by atoms with Crippen LogP contribution in [-0.2, 0) is 0 Å². The van der Waals surface area contributed by atoms with Gasteiger partial charge in [-0.3, -0.25) is 4.90 Å². The van der Waals surface area contributed by atoms with Gasteiger partial charge in [0.05, 0.1) is 0 Å². The third-order valence-corrected chi connectivity index (χ3v) is 3.39. The van der Waals surface area contributed by atoms with E-state index in [-0.39, 0.29) is 6.23 Å². The molecule has 1 saturated heterocycles. The van der Waals surface area contributed by atoms with Crippen molar-refractivity contribution in [3.8, 4) is 5.75 Å². The molecule has 0 amide bonds. The SMILES string of the molecule is CC(C)C(Oc1ccc(Cl)cc1)N1CCCC1. The van der Waals surface area contributed by atoms with Crippen LogP contribution in [0.1, 0.15) is 26.7 Å². The Hall–Kier alpha value is -0.730. The molecule has 1 aliphatic heterocycles. The standard InChI is InChI=1S/C14H20ClNO/c1-11(2)14(16-9-3-4-10-16)17-13-7-5-12(15)6-8-13/h5-8,11,14H,3-4,9-10H2,1-2H3. The van der Waals surface area contributed by atoms with Crippen molar-refractivity contribution in [3.05, 3.63) is 29.3 Å². The Kier molecular flexibility index (Phi) is 4.30. The van der Waals surface area contributed by atoms with Crippen LogP contribution in [0.5, 0.6) is 5.75 Å². The average molecular weight is 254 g/mol. The van der Waals surface area contributed by atoms with Crippen LogP contribution in [0.4, 0.5) is 0 Å². The second-order valence-corrected chi connectivity index (χ2v) is 5.39. The molecule has 17 heavy (non-hydrogen) atoms. The normalized spacial score (nSPS) is 18.6. The van der Waals surface area contributed by atoms with Crippen LogP contribution in [0.3, 0.4) is 0 Å². The lowest BCUT2D eigenvalue weighted by atomic mass is 10.1. The molecule has 1 atom stereocenters. The molecule has 2 rings (SSSR count). The quantitative estimate of drug-likeness (QED) is 0.809. The van der Waals surface area contributed by atoms with Crippen molar-refractivity contribution in [2.45, 2.75) is 32.9 Å². The van der Waals surface area contributed by atoms with E-state index in [9.17, 15) is 0 Å². The number of hydrogen-bond donors (Lipinski definition) is 0. The van der Waals surface area contributed by atoms with Crippen molar-refractivity contribution >= 4 is 11.6 Å². The van der Waals surface area contributed by atoms with E-state index < -0.39 is 0 Å². The highest BCUT2D eigenvalue weighted by molar-refractivity contribution is 6.30. The smallest absolute Gasteiger partial charge is 0.154 e. The number of benzene rings is 1. The fourth-order valence-corrected chi connectivity index (χ4v) is 2.41. The molecule has 0 N–H and O–H groups in total. The highest BCUT2D eigenvalue weighted by Crippen LogP contribution is 2.23. The summed E-state index contributed by atoms with van der Waals surface area (Å²) in [6.45, 7) is 6.71. The minimum atomic E-state index is 0.179. The average Bonchev–Trinajstić information content (AvgIpc) is 2.81. The molecule has 94 valence electrons. The van der Waals surface area contributed by atoms with E-state index in [1.807, 2.05) is 24.3 Å². The summed E-state index contributed by atoms with van der Waals surface area (Å²) in [6.07, 6.45) is 2.75. The Labute approximate surface area is 109 Å². The van der Waals surface area contributed by atoms with Crippen molar-refractivity contribution in [1.82, 2.24) is 4.90 Å². The van der Waals surface area contributed by atoms with Gasteiger partial charge in [0.25, 0.3) is 0 Å². The summed E-state index contributed by atoms with van der Waals surface area (Å²) in [7, 11) is 0. The molecule has 1 aliphatic rings. The van der Waals surface area contributed by atoms with Crippen molar-refractivity contribution in [2.24, 2.45) is 5.92 Å². The van der Waals surface area contributed by atoms with Crippen LogP contribution < -0.4 is 4.74 Å². The summed E-state index contributed by atoms with van der Waals surface area (Å²) < 4.78 is 6.08. The van der Waals surface area contributed by atoms with E-state index in [1.165, 1.54) is 12.8 Å². The highest BCUT2D eigenvalue weighted by atomic mass is 35.5. The van der Waals surface area contributed by atoms with Crippen LogP contribution >= 0.6 is 11.6 Å². The molecule has 0 aromatic heterocycles. The zero-order valence-corrected chi connectivity index (χ0v) is 11.3. The van der Waals surface area contributed by atoms with Gasteiger partial charge in [0, 0.05) is 24.0 Å². The lowest BCUT2D eigenvalue weighted by molar-refractivity contribution is 0.00666. The Morgan fingerprint density at radius 1 is 1.12 bits per heavy atom. The molecule has 0 spiro atoms. The Bertz CT molecular complexity index is 344. The molecular formula is C14H20ClNO. The van der Waals surface area contributed by atoms with Gasteiger partial charge < -0.3 is 4.74 Å². The largest absolute Gasteiger partial charge is 0.475 e. The maximum Gasteiger partial charge on any atom is 0.154 e. The first-order chi connectivity index (χ1) is 8.16. The maximum absolute atomic E-state index is 6.08. The van der Waals surface area contributed by atoms with Crippen LogP contribution in [0.25, 0.3) is 0 Å². The monoisotopic (exact) mass is 253 g/mol. The third-order valence-electron chi connectivity index (χ3n) is 3.14. The van der Waals surface area contributed by atoms with Crippen LogP contribution in [-0.4, -0.2) is 24.2 Å². The van der Waals surface area contributed by atoms with Crippen molar-refractivity contribution in [3.63, 3.8) is 0 Å². The maximum atomic E-state index is 6.08. The second-order valence-electron chi connectivity index (χ2n) is 4.95. The molecule has 0 saturated carbocycles. The van der Waals surface area contributed by atoms with Crippen molar-refractivity contribution in [1.29, 1.82) is 0 Å². The molecular weight excluding hydrogens is 234 g/mol. The third kappa shape index (κ3) is 3.36. The van der Waals surface area contributed by atoms with Gasteiger partial charge in [-0.1, -0.05) is 25.4 Å². The van der Waals surface area contributed by atoms with Gasteiger partial charge in [-0.2, -0.15) is 0 Å². The number of nitrogens with zero attached hydrogens (tertiary/aromatic N) is 1. The topological polar surface area (TPSA) is 12.5 Å². The molecule has 0 bridgehead atoms. The Balaban J connectivity index is 2.04. The van der Waals surface area contributed by atoms with Gasteiger partial charge in [-0.15, -0.1) is 0 Å². The fraction of sp³-hybridized carbons (Fsp3) is 0.571. The van der Waals surface area contributed by atoms with E-state index in [4.69, 9.17) is 16.3 Å². The van der Waals surface area contributed by atoms with E-state index in [2.05, 4.69) is 18.7 Å². The first-order valence-corrected chi connectivity index (χ1v) is 6.71. The lowest BCUT2D eigenvalue weighted by Crippen LogP contribution is -2.41. The second kappa shape index (κ2) is 5.74. The molecule has 1 aromatic rings. The first kappa shape index (κ1) is 12.7. The molecule has 0 aliphatic carbocycles. The van der Waals surface area contributed by atoms with Gasteiger partial charge in [0.15, 0.2) is 6.23 Å². The van der Waals surface area contributed by atoms with Crippen molar-refractivity contribution < 1.29 is 4.74 Å². The zero-order chi connectivity index (χ0) is 12.3. The molecule has 1 fully saturated rings. The van der Waals surface area contributed by atoms with E-state index in [1.54, 1.807) is 0 Å². The van der Waals surface area contributed by atoms with Crippen molar-refractivity contribution in [2.75, 3.05) is 13.1 Å². The summed E-state index contributed by atoms with van der Waals surface area (Å²) in [5, 5.41) is 0.750.